The van der Waals surface area contributed by atoms with E-state index in [1.54, 1.807) is 0 Å². The van der Waals surface area contributed by atoms with Crippen molar-refractivity contribution in [2.45, 2.75) is 71.1 Å². The van der Waals surface area contributed by atoms with Crippen molar-refractivity contribution < 1.29 is 4.79 Å². The van der Waals surface area contributed by atoms with Gasteiger partial charge >= 0.3 is 0 Å². The molecule has 2 aromatic rings. The number of aryl methyl sites for hydroxylation is 1. The molecule has 1 heterocycles. The van der Waals surface area contributed by atoms with Crippen LogP contribution in [0.15, 0.2) is 30.3 Å². The Morgan fingerprint density at radius 3 is 2.59 bits per heavy atom. The second-order valence-corrected chi connectivity index (χ2v) is 10.6. The largest absolute Gasteiger partial charge is 0.299 e. The van der Waals surface area contributed by atoms with Crippen LogP contribution < -0.4 is 0 Å². The van der Waals surface area contributed by atoms with E-state index in [1.807, 2.05) is 10.9 Å². The van der Waals surface area contributed by atoms with Crippen molar-refractivity contribution in [3.05, 3.63) is 41.7 Å². The molecule has 0 amide bonds. The van der Waals surface area contributed by atoms with Gasteiger partial charge in [-0.1, -0.05) is 32.0 Å². The molecule has 0 bridgehead atoms. The van der Waals surface area contributed by atoms with Gasteiger partial charge in [0, 0.05) is 17.8 Å². The number of Topliss-reactive ketones (excluding diaryl/α,β-unsaturated/α-hetero) is 1. The van der Waals surface area contributed by atoms with E-state index in [1.165, 1.54) is 37.1 Å². The summed E-state index contributed by atoms with van der Waals surface area (Å²) < 4.78 is 0. The van der Waals surface area contributed by atoms with Gasteiger partial charge in [-0.05, 0) is 80.2 Å². The van der Waals surface area contributed by atoms with Crippen LogP contribution in [0.3, 0.4) is 0 Å². The van der Waals surface area contributed by atoms with Crippen LogP contribution in [0.1, 0.15) is 76.1 Å². The highest BCUT2D eigenvalue weighted by molar-refractivity contribution is 5.87. The van der Waals surface area contributed by atoms with Crippen LogP contribution in [0.2, 0.25) is 0 Å². The van der Waals surface area contributed by atoms with Gasteiger partial charge in [0.25, 0.3) is 0 Å². The maximum atomic E-state index is 12.6. The molecule has 0 N–H and O–H groups in total. The fraction of sp³-hybridized carbons (Fsp3) is 0.640. The van der Waals surface area contributed by atoms with Crippen LogP contribution in [0.4, 0.5) is 0 Å². The third-order valence-electron chi connectivity index (χ3n) is 9.51. The van der Waals surface area contributed by atoms with Crippen molar-refractivity contribution in [3.8, 4) is 5.69 Å². The minimum atomic E-state index is -0.0271. The number of aromatic nitrogens is 3. The lowest BCUT2D eigenvalue weighted by molar-refractivity contribution is -0.135. The van der Waals surface area contributed by atoms with E-state index in [-0.39, 0.29) is 5.41 Å². The first-order chi connectivity index (χ1) is 14.0. The van der Waals surface area contributed by atoms with Crippen LogP contribution in [0.25, 0.3) is 5.69 Å². The molecular weight excluding hydrogens is 358 g/mol. The molecule has 152 valence electrons. The molecular formula is C25H31N3O. The number of fused-ring (bicyclic) bond motifs is 7. The zero-order valence-corrected chi connectivity index (χ0v) is 17.6. The molecule has 6 atom stereocenters. The third-order valence-corrected chi connectivity index (χ3v) is 9.51. The quantitative estimate of drug-likeness (QED) is 0.681. The fourth-order valence-corrected chi connectivity index (χ4v) is 7.90. The molecule has 1 aromatic carbocycles. The van der Waals surface area contributed by atoms with Crippen LogP contribution in [-0.2, 0) is 11.2 Å². The van der Waals surface area contributed by atoms with Crippen molar-refractivity contribution >= 4 is 5.78 Å². The Balaban J connectivity index is 1.35. The van der Waals surface area contributed by atoms with Gasteiger partial charge in [0.1, 0.15) is 5.78 Å². The average molecular weight is 390 g/mol. The zero-order valence-electron chi connectivity index (χ0n) is 17.6. The van der Waals surface area contributed by atoms with Crippen LogP contribution in [0.5, 0.6) is 0 Å². The maximum absolute atomic E-state index is 12.6. The Hall–Kier alpha value is -1.97. The first kappa shape index (κ1) is 17.9. The first-order valence-corrected chi connectivity index (χ1v) is 11.6. The van der Waals surface area contributed by atoms with E-state index < -0.39 is 0 Å². The van der Waals surface area contributed by atoms with Crippen molar-refractivity contribution in [3.63, 3.8) is 0 Å². The minimum Gasteiger partial charge on any atom is -0.299 e. The third kappa shape index (κ3) is 2.35. The molecule has 0 radical (unpaired) electrons. The molecule has 0 aliphatic heterocycles. The standard InChI is InChI=1S/C25H31N3O/c1-24-15-13-21-23(27-28(26-21)16-6-4-3-5-7-16)20(24)9-8-17-18-10-11-22(29)25(18,2)14-12-19(17)24/h3-7,17-20H,8-15H2,1-2H3/t17-,18?,19?,20?,24+,25-/m0/s1. The Morgan fingerprint density at radius 1 is 0.931 bits per heavy atom. The predicted molar refractivity (Wildman–Crippen MR) is 112 cm³/mol. The number of nitrogens with zero attached hydrogens (tertiary/aromatic N) is 3. The summed E-state index contributed by atoms with van der Waals surface area (Å²) in [6.45, 7) is 4.82. The Morgan fingerprint density at radius 2 is 1.76 bits per heavy atom. The van der Waals surface area contributed by atoms with Gasteiger partial charge in [0.2, 0.25) is 0 Å². The normalized spacial score (nSPS) is 40.7. The first-order valence-electron chi connectivity index (χ1n) is 11.6. The van der Waals surface area contributed by atoms with Gasteiger partial charge < -0.3 is 0 Å². The molecule has 4 nitrogen and oxygen atoms in total. The lowest BCUT2D eigenvalue weighted by atomic mass is 9.45. The number of ketones is 1. The SMILES string of the molecule is C[C@]12CCc3nn(-c4ccccc4)nc3C1CC[C@@H]1C2CC[C@]2(C)C(=O)CCC12. The van der Waals surface area contributed by atoms with E-state index in [0.717, 1.165) is 43.2 Å². The average Bonchev–Trinajstić information content (AvgIpc) is 3.29. The summed E-state index contributed by atoms with van der Waals surface area (Å²) in [7, 11) is 0. The Bertz CT molecular complexity index is 966. The number of para-hydroxylation sites is 1. The molecule has 4 aliphatic rings. The lowest BCUT2D eigenvalue weighted by Gasteiger charge is -2.58. The van der Waals surface area contributed by atoms with E-state index >= 15 is 0 Å². The number of hydrogen-bond acceptors (Lipinski definition) is 3. The highest BCUT2D eigenvalue weighted by atomic mass is 16.1. The number of carbonyl (C=O) groups is 1. The van der Waals surface area contributed by atoms with Gasteiger partial charge in [0.15, 0.2) is 0 Å². The lowest BCUT2D eigenvalue weighted by Crippen LogP contribution is -2.52. The van der Waals surface area contributed by atoms with Crippen molar-refractivity contribution in [2.75, 3.05) is 0 Å². The Labute approximate surface area is 173 Å². The molecule has 3 saturated carbocycles. The van der Waals surface area contributed by atoms with Gasteiger partial charge in [-0.15, -0.1) is 0 Å². The molecule has 6 rings (SSSR count). The second-order valence-electron chi connectivity index (χ2n) is 10.6. The van der Waals surface area contributed by atoms with Gasteiger partial charge in [-0.3, -0.25) is 4.79 Å². The van der Waals surface area contributed by atoms with Crippen molar-refractivity contribution in [2.24, 2.45) is 28.6 Å². The highest BCUT2D eigenvalue weighted by Crippen LogP contribution is 2.66. The smallest absolute Gasteiger partial charge is 0.139 e. The van der Waals surface area contributed by atoms with Gasteiger partial charge in [-0.25, -0.2) is 0 Å². The van der Waals surface area contributed by atoms with E-state index in [2.05, 4.69) is 38.1 Å². The maximum Gasteiger partial charge on any atom is 0.139 e. The summed E-state index contributed by atoms with van der Waals surface area (Å²) in [6.07, 6.45) is 9.00. The van der Waals surface area contributed by atoms with E-state index in [4.69, 9.17) is 10.2 Å². The second kappa shape index (κ2) is 6.02. The van der Waals surface area contributed by atoms with Crippen molar-refractivity contribution in [1.29, 1.82) is 0 Å². The zero-order chi connectivity index (χ0) is 19.8. The number of benzene rings is 1. The van der Waals surface area contributed by atoms with Crippen LogP contribution in [-0.4, -0.2) is 20.8 Å². The molecule has 4 heteroatoms. The number of hydrogen-bond donors (Lipinski definition) is 0. The molecule has 1 aromatic heterocycles. The molecule has 29 heavy (non-hydrogen) atoms. The Kier molecular flexibility index (Phi) is 3.71. The van der Waals surface area contributed by atoms with Crippen LogP contribution in [0, 0.1) is 28.6 Å². The summed E-state index contributed by atoms with van der Waals surface area (Å²) in [5.74, 6) is 3.15. The van der Waals surface area contributed by atoms with E-state index in [9.17, 15) is 4.79 Å². The highest BCUT2D eigenvalue weighted by Gasteiger charge is 2.60. The molecule has 0 spiro atoms. The summed E-state index contributed by atoms with van der Waals surface area (Å²) >= 11 is 0. The summed E-state index contributed by atoms with van der Waals surface area (Å²) in [4.78, 5) is 14.5. The molecule has 4 aliphatic carbocycles. The minimum absolute atomic E-state index is 0.0271. The van der Waals surface area contributed by atoms with Gasteiger partial charge in [-0.2, -0.15) is 15.0 Å². The summed E-state index contributed by atoms with van der Waals surface area (Å²) in [5, 5.41) is 9.91. The van der Waals surface area contributed by atoms with Crippen LogP contribution >= 0.6 is 0 Å². The molecule has 3 unspecified atom stereocenters. The number of carbonyl (C=O) groups excluding carboxylic acids is 1. The van der Waals surface area contributed by atoms with E-state index in [0.29, 0.717) is 23.0 Å². The fourth-order valence-electron chi connectivity index (χ4n) is 7.90. The topological polar surface area (TPSA) is 47.8 Å². The molecule has 3 fully saturated rings. The molecule has 0 saturated heterocycles. The monoisotopic (exact) mass is 389 g/mol. The predicted octanol–water partition coefficient (Wildman–Crippen LogP) is 5.11. The van der Waals surface area contributed by atoms with Gasteiger partial charge in [0.05, 0.1) is 17.1 Å². The van der Waals surface area contributed by atoms with Crippen molar-refractivity contribution in [1.82, 2.24) is 15.0 Å². The summed E-state index contributed by atoms with van der Waals surface area (Å²) in [6, 6.07) is 10.3. The number of rotatable bonds is 1. The summed E-state index contributed by atoms with van der Waals surface area (Å²) in [5.41, 5.74) is 3.81.